The molecule has 7 nitrogen and oxygen atoms in total. The van der Waals surface area contributed by atoms with Crippen LogP contribution in [0.4, 0.5) is 5.82 Å². The Morgan fingerprint density at radius 3 is 3.00 bits per heavy atom. The van der Waals surface area contributed by atoms with Gasteiger partial charge in [-0.05, 0) is 12.1 Å². The number of rotatable bonds is 1. The smallest absolute Gasteiger partial charge is 0.352 e. The van der Waals surface area contributed by atoms with Gasteiger partial charge in [-0.2, -0.15) is 9.61 Å². The van der Waals surface area contributed by atoms with E-state index in [1.165, 1.54) is 4.52 Å². The van der Waals surface area contributed by atoms with E-state index in [1.807, 2.05) is 11.0 Å². The third-order valence-corrected chi connectivity index (χ3v) is 2.49. The lowest BCUT2D eigenvalue weighted by atomic mass is 10.1. The first-order valence-corrected chi connectivity index (χ1v) is 4.69. The Labute approximate surface area is 84.5 Å². The number of nitrogens with one attached hydrogen (secondary N) is 1. The fourth-order valence-electron chi connectivity index (χ4n) is 1.66. The molecule has 3 N–H and O–H groups in total. The molecule has 2 aromatic rings. The highest BCUT2D eigenvalue weighted by Crippen LogP contribution is 2.16. The molecule has 0 spiro atoms. The van der Waals surface area contributed by atoms with E-state index in [1.54, 1.807) is 6.07 Å². The first kappa shape index (κ1) is 8.42. The van der Waals surface area contributed by atoms with Crippen molar-refractivity contribution in [2.24, 2.45) is 5.73 Å². The summed E-state index contributed by atoms with van der Waals surface area (Å²) < 4.78 is 1.25. The van der Waals surface area contributed by atoms with Crippen LogP contribution in [0, 0.1) is 0 Å². The molecule has 2 aromatic heterocycles. The normalized spacial score (nSPS) is 17.0. The molecule has 3 heterocycles. The highest BCUT2D eigenvalue weighted by Gasteiger charge is 2.24. The largest absolute Gasteiger partial charge is 0.364 e. The topological polar surface area (TPSA) is 92.3 Å². The predicted molar refractivity (Wildman–Crippen MR) is 53.8 cm³/mol. The van der Waals surface area contributed by atoms with E-state index in [9.17, 15) is 4.79 Å². The third-order valence-electron chi connectivity index (χ3n) is 2.49. The lowest BCUT2D eigenvalue weighted by Crippen LogP contribution is -2.56. The van der Waals surface area contributed by atoms with Gasteiger partial charge in [-0.15, -0.1) is 5.10 Å². The van der Waals surface area contributed by atoms with Crippen LogP contribution in [-0.2, 0) is 0 Å². The molecule has 1 saturated heterocycles. The zero-order valence-corrected chi connectivity index (χ0v) is 7.92. The molecule has 0 amide bonds. The van der Waals surface area contributed by atoms with Crippen LogP contribution in [0.5, 0.6) is 0 Å². The van der Waals surface area contributed by atoms with E-state index < -0.39 is 0 Å². The van der Waals surface area contributed by atoms with Gasteiger partial charge >= 0.3 is 5.69 Å². The molecule has 1 aliphatic rings. The summed E-state index contributed by atoms with van der Waals surface area (Å²) in [7, 11) is 0. The molecule has 0 saturated carbocycles. The Morgan fingerprint density at radius 1 is 1.47 bits per heavy atom. The number of nitrogens with two attached hydrogens (primary N) is 1. The van der Waals surface area contributed by atoms with Crippen LogP contribution < -0.4 is 16.3 Å². The maximum Gasteiger partial charge on any atom is 0.364 e. The minimum absolute atomic E-state index is 0.212. The van der Waals surface area contributed by atoms with E-state index in [0.717, 1.165) is 18.9 Å². The standard InChI is InChI=1S/C8H10N6O/c9-5-3-13(4-5)7-2-1-6-10-11-8(15)14(6)12-7/h1-2,5H,3-4,9H2,(H,11,15). The number of aromatic amines is 1. The third kappa shape index (κ3) is 1.20. The number of nitrogens with zero attached hydrogens (tertiary/aromatic N) is 4. The summed E-state index contributed by atoms with van der Waals surface area (Å²) in [4.78, 5) is 13.3. The summed E-state index contributed by atoms with van der Waals surface area (Å²) in [5.74, 6) is 0.757. The van der Waals surface area contributed by atoms with Gasteiger partial charge in [-0.1, -0.05) is 0 Å². The molecule has 7 heteroatoms. The molecular formula is C8H10N6O. The fourth-order valence-corrected chi connectivity index (χ4v) is 1.66. The lowest BCUT2D eigenvalue weighted by Gasteiger charge is -2.37. The van der Waals surface area contributed by atoms with Gasteiger partial charge in [0.15, 0.2) is 5.65 Å². The van der Waals surface area contributed by atoms with Crippen molar-refractivity contribution in [1.82, 2.24) is 19.8 Å². The molecule has 0 radical (unpaired) electrons. The Bertz CT molecular complexity index is 552. The van der Waals surface area contributed by atoms with Crippen LogP contribution in [-0.4, -0.2) is 38.9 Å². The summed E-state index contributed by atoms with van der Waals surface area (Å²) in [5, 5.41) is 10.3. The molecule has 15 heavy (non-hydrogen) atoms. The highest BCUT2D eigenvalue weighted by atomic mass is 16.2. The summed E-state index contributed by atoms with van der Waals surface area (Å²) in [6, 6.07) is 3.80. The van der Waals surface area contributed by atoms with Crippen molar-refractivity contribution in [1.29, 1.82) is 0 Å². The number of hydrogen-bond donors (Lipinski definition) is 2. The maximum absolute atomic E-state index is 11.3. The Hall–Kier alpha value is -1.89. The monoisotopic (exact) mass is 206 g/mol. The molecule has 0 atom stereocenters. The Morgan fingerprint density at radius 2 is 2.27 bits per heavy atom. The van der Waals surface area contributed by atoms with Crippen molar-refractivity contribution < 1.29 is 0 Å². The zero-order valence-electron chi connectivity index (χ0n) is 7.92. The average molecular weight is 206 g/mol. The van der Waals surface area contributed by atoms with E-state index in [4.69, 9.17) is 5.73 Å². The van der Waals surface area contributed by atoms with E-state index in [2.05, 4.69) is 15.3 Å². The molecule has 3 rings (SSSR count). The van der Waals surface area contributed by atoms with Gasteiger partial charge in [-0.3, -0.25) is 0 Å². The summed E-state index contributed by atoms with van der Waals surface area (Å²) >= 11 is 0. The van der Waals surface area contributed by atoms with Gasteiger partial charge in [-0.25, -0.2) is 9.89 Å². The van der Waals surface area contributed by atoms with Crippen molar-refractivity contribution in [3.8, 4) is 0 Å². The molecular weight excluding hydrogens is 196 g/mol. The van der Waals surface area contributed by atoms with Crippen LogP contribution in [0.3, 0.4) is 0 Å². The Balaban J connectivity index is 2.06. The van der Waals surface area contributed by atoms with Crippen LogP contribution in [0.2, 0.25) is 0 Å². The summed E-state index contributed by atoms with van der Waals surface area (Å²) in [6.07, 6.45) is 0. The van der Waals surface area contributed by atoms with Crippen LogP contribution in [0.15, 0.2) is 16.9 Å². The van der Waals surface area contributed by atoms with Crippen molar-refractivity contribution >= 4 is 11.5 Å². The molecule has 78 valence electrons. The summed E-state index contributed by atoms with van der Waals surface area (Å²) in [5.41, 5.74) is 5.87. The number of H-pyrrole nitrogens is 1. The first-order chi connectivity index (χ1) is 7.24. The zero-order chi connectivity index (χ0) is 10.4. The van der Waals surface area contributed by atoms with Gasteiger partial charge in [0.2, 0.25) is 0 Å². The van der Waals surface area contributed by atoms with E-state index in [0.29, 0.717) is 5.65 Å². The molecule has 0 bridgehead atoms. The molecule has 1 fully saturated rings. The second-order valence-corrected chi connectivity index (χ2v) is 3.66. The molecule has 0 aliphatic carbocycles. The van der Waals surface area contributed by atoms with Crippen LogP contribution in [0.1, 0.15) is 0 Å². The quantitative estimate of drug-likeness (QED) is 0.596. The number of hydrogen-bond acceptors (Lipinski definition) is 5. The van der Waals surface area contributed by atoms with Crippen molar-refractivity contribution in [2.75, 3.05) is 18.0 Å². The average Bonchev–Trinajstić information content (AvgIpc) is 2.56. The molecule has 0 unspecified atom stereocenters. The van der Waals surface area contributed by atoms with Gasteiger partial charge in [0, 0.05) is 19.1 Å². The van der Waals surface area contributed by atoms with Gasteiger partial charge < -0.3 is 10.6 Å². The van der Waals surface area contributed by atoms with Gasteiger partial charge in [0.25, 0.3) is 0 Å². The second-order valence-electron chi connectivity index (χ2n) is 3.66. The minimum atomic E-state index is -0.323. The van der Waals surface area contributed by atoms with Crippen LogP contribution in [0.25, 0.3) is 5.65 Å². The lowest BCUT2D eigenvalue weighted by molar-refractivity contribution is 0.511. The molecule has 0 aromatic carbocycles. The second kappa shape index (κ2) is 2.80. The predicted octanol–water partition coefficient (Wildman–Crippen LogP) is -1.44. The van der Waals surface area contributed by atoms with Crippen molar-refractivity contribution in [3.05, 3.63) is 22.6 Å². The van der Waals surface area contributed by atoms with Crippen LogP contribution >= 0.6 is 0 Å². The first-order valence-electron chi connectivity index (χ1n) is 4.69. The number of fused-ring (bicyclic) bond motifs is 1. The van der Waals surface area contributed by atoms with Gasteiger partial charge in [0.05, 0.1) is 0 Å². The van der Waals surface area contributed by atoms with Crippen molar-refractivity contribution in [3.63, 3.8) is 0 Å². The fraction of sp³-hybridized carbons (Fsp3) is 0.375. The maximum atomic E-state index is 11.3. The number of aromatic nitrogens is 4. The molecule has 1 aliphatic heterocycles. The highest BCUT2D eigenvalue weighted by molar-refractivity contribution is 5.47. The minimum Gasteiger partial charge on any atom is -0.352 e. The summed E-state index contributed by atoms with van der Waals surface area (Å²) in [6.45, 7) is 1.57. The van der Waals surface area contributed by atoms with Gasteiger partial charge in [0.1, 0.15) is 5.82 Å². The Kier molecular flexibility index (Phi) is 1.57. The SMILES string of the molecule is NC1CN(c2ccc3n[nH]c(=O)n3n2)C1. The van der Waals surface area contributed by atoms with E-state index in [-0.39, 0.29) is 11.7 Å². The van der Waals surface area contributed by atoms with Crippen molar-refractivity contribution in [2.45, 2.75) is 6.04 Å². The number of anilines is 1. The van der Waals surface area contributed by atoms with E-state index >= 15 is 0 Å².